The molecule has 0 aliphatic heterocycles. The van der Waals surface area contributed by atoms with Crippen molar-refractivity contribution in [2.45, 2.75) is 0 Å². The van der Waals surface area contributed by atoms with Gasteiger partial charge in [0.2, 0.25) is 0 Å². The molecule has 0 unspecified atom stereocenters. The Morgan fingerprint density at radius 3 is 2.77 bits per heavy atom. The Hall–Kier alpha value is -0.930. The number of halogens is 2. The molecule has 0 amide bonds. The normalized spacial score (nSPS) is 8.69. The van der Waals surface area contributed by atoms with Crippen LogP contribution in [0.2, 0.25) is 0 Å². The third-order valence-corrected chi connectivity index (χ3v) is 1.69. The minimum atomic E-state index is 0. The topological polar surface area (TPSA) is 40.7 Å². The van der Waals surface area contributed by atoms with Crippen molar-refractivity contribution in [3.05, 3.63) is 24.5 Å². The van der Waals surface area contributed by atoms with Crippen LogP contribution < -0.4 is 5.32 Å². The summed E-state index contributed by atoms with van der Waals surface area (Å²) in [6, 6.07) is 4.03. The van der Waals surface area contributed by atoms with Crippen molar-refractivity contribution < 1.29 is 0 Å². The Morgan fingerprint density at radius 2 is 2.15 bits per heavy atom. The Balaban J connectivity index is 0.000000720. The van der Waals surface area contributed by atoms with Gasteiger partial charge in [0.05, 0.1) is 11.7 Å². The average Bonchev–Trinajstić information content (AvgIpc) is 2.46. The fraction of sp³-hybridized carbons (Fsp3) is 0.125. The minimum Gasteiger partial charge on any atom is -0.375 e. The van der Waals surface area contributed by atoms with Gasteiger partial charge in [-0.2, -0.15) is 0 Å². The van der Waals surface area contributed by atoms with Gasteiger partial charge in [0.15, 0.2) is 0 Å². The van der Waals surface area contributed by atoms with Crippen LogP contribution in [0.4, 0.5) is 5.82 Å². The molecule has 2 heterocycles. The number of hydrogen-bond donors (Lipinski definition) is 2. The van der Waals surface area contributed by atoms with Crippen molar-refractivity contribution in [1.29, 1.82) is 0 Å². The lowest BCUT2D eigenvalue weighted by Gasteiger charge is -1.88. The molecular formula is C8H11Cl2N3. The van der Waals surface area contributed by atoms with Crippen molar-refractivity contribution in [2.24, 2.45) is 0 Å². The van der Waals surface area contributed by atoms with E-state index in [2.05, 4.69) is 21.4 Å². The predicted octanol–water partition coefficient (Wildman–Crippen LogP) is 2.45. The van der Waals surface area contributed by atoms with Crippen molar-refractivity contribution in [1.82, 2.24) is 9.97 Å². The summed E-state index contributed by atoms with van der Waals surface area (Å²) in [6.07, 6.45) is 3.60. The van der Waals surface area contributed by atoms with Crippen molar-refractivity contribution in [3.63, 3.8) is 0 Å². The van der Waals surface area contributed by atoms with Gasteiger partial charge in [0.25, 0.3) is 0 Å². The zero-order chi connectivity index (χ0) is 7.68. The molecule has 5 heteroatoms. The van der Waals surface area contributed by atoms with E-state index < -0.39 is 0 Å². The fourth-order valence-electron chi connectivity index (χ4n) is 1.11. The minimum absolute atomic E-state index is 0. The summed E-state index contributed by atoms with van der Waals surface area (Å²) in [5.74, 6) is 1.02. The second-order valence-corrected chi connectivity index (χ2v) is 2.40. The Bertz CT molecular complexity index is 339. The van der Waals surface area contributed by atoms with Crippen LogP contribution in [0.1, 0.15) is 0 Å². The number of nitrogens with one attached hydrogen (secondary N) is 2. The third-order valence-electron chi connectivity index (χ3n) is 1.69. The monoisotopic (exact) mass is 219 g/mol. The first kappa shape index (κ1) is 12.1. The van der Waals surface area contributed by atoms with Crippen LogP contribution in [0, 0.1) is 0 Å². The van der Waals surface area contributed by atoms with Gasteiger partial charge in [0, 0.05) is 18.6 Å². The summed E-state index contributed by atoms with van der Waals surface area (Å²) in [6.45, 7) is 0. The highest BCUT2D eigenvalue weighted by molar-refractivity contribution is 5.85. The molecule has 72 valence electrons. The first-order chi connectivity index (χ1) is 5.40. The molecule has 0 saturated carbocycles. The summed E-state index contributed by atoms with van der Waals surface area (Å²) in [4.78, 5) is 7.17. The van der Waals surface area contributed by atoms with E-state index in [-0.39, 0.29) is 24.8 Å². The summed E-state index contributed by atoms with van der Waals surface area (Å²) >= 11 is 0. The van der Waals surface area contributed by atoms with E-state index >= 15 is 0 Å². The Kier molecular flexibility index (Phi) is 4.59. The molecule has 0 aliphatic carbocycles. The maximum Gasteiger partial charge on any atom is 0.104 e. The molecule has 0 atom stereocenters. The largest absolute Gasteiger partial charge is 0.375 e. The lowest BCUT2D eigenvalue weighted by atomic mass is 10.3. The molecule has 2 rings (SSSR count). The molecule has 2 N–H and O–H groups in total. The fourth-order valence-corrected chi connectivity index (χ4v) is 1.11. The molecule has 0 fully saturated rings. The molecule has 2 aromatic rings. The van der Waals surface area contributed by atoms with Crippen LogP contribution in [-0.4, -0.2) is 17.0 Å². The molecule has 0 aromatic carbocycles. The molecule has 0 spiro atoms. The van der Waals surface area contributed by atoms with Gasteiger partial charge in [-0.25, -0.2) is 0 Å². The van der Waals surface area contributed by atoms with Gasteiger partial charge in [0.1, 0.15) is 5.82 Å². The molecule has 2 aromatic heterocycles. The average molecular weight is 220 g/mol. The number of aromatic nitrogens is 2. The van der Waals surface area contributed by atoms with Gasteiger partial charge in [-0.05, 0) is 12.1 Å². The summed E-state index contributed by atoms with van der Waals surface area (Å²) in [5.41, 5.74) is 1.07. The van der Waals surface area contributed by atoms with E-state index in [0.29, 0.717) is 0 Å². The summed E-state index contributed by atoms with van der Waals surface area (Å²) in [5, 5.41) is 4.22. The van der Waals surface area contributed by atoms with Gasteiger partial charge in [-0.1, -0.05) is 0 Å². The van der Waals surface area contributed by atoms with Crippen LogP contribution >= 0.6 is 24.8 Å². The van der Waals surface area contributed by atoms with E-state index in [1.165, 1.54) is 5.39 Å². The first-order valence-electron chi connectivity index (χ1n) is 3.50. The van der Waals surface area contributed by atoms with Crippen molar-refractivity contribution >= 4 is 41.5 Å². The van der Waals surface area contributed by atoms with Crippen LogP contribution in [0.5, 0.6) is 0 Å². The highest BCUT2D eigenvalue weighted by Crippen LogP contribution is 2.15. The number of nitrogens with zero attached hydrogens (tertiary/aromatic N) is 1. The Morgan fingerprint density at radius 1 is 1.38 bits per heavy atom. The number of anilines is 1. The zero-order valence-corrected chi connectivity index (χ0v) is 8.71. The highest BCUT2D eigenvalue weighted by atomic mass is 35.5. The molecule has 0 bridgehead atoms. The number of rotatable bonds is 1. The summed E-state index contributed by atoms with van der Waals surface area (Å²) in [7, 11) is 1.89. The van der Waals surface area contributed by atoms with Gasteiger partial charge in [-0.15, -0.1) is 24.8 Å². The maximum atomic E-state index is 4.00. The van der Waals surface area contributed by atoms with E-state index in [1.54, 1.807) is 6.20 Å². The number of aromatic amines is 1. The van der Waals surface area contributed by atoms with Crippen LogP contribution in [0.25, 0.3) is 10.9 Å². The summed E-state index contributed by atoms with van der Waals surface area (Å²) < 4.78 is 0. The number of fused-ring (bicyclic) bond motifs is 1. The van der Waals surface area contributed by atoms with E-state index in [4.69, 9.17) is 0 Å². The second-order valence-electron chi connectivity index (χ2n) is 2.40. The number of hydrogen-bond acceptors (Lipinski definition) is 2. The van der Waals surface area contributed by atoms with Gasteiger partial charge >= 0.3 is 0 Å². The van der Waals surface area contributed by atoms with Crippen LogP contribution in [0.15, 0.2) is 24.5 Å². The molecule has 0 saturated heterocycles. The van der Waals surface area contributed by atoms with Crippen molar-refractivity contribution in [3.8, 4) is 0 Å². The van der Waals surface area contributed by atoms with Crippen LogP contribution in [0.3, 0.4) is 0 Å². The van der Waals surface area contributed by atoms with E-state index in [1.807, 2.05) is 19.3 Å². The smallest absolute Gasteiger partial charge is 0.104 e. The number of H-pyrrole nitrogens is 1. The van der Waals surface area contributed by atoms with Crippen molar-refractivity contribution in [2.75, 3.05) is 12.4 Å². The molecule has 0 aliphatic rings. The third kappa shape index (κ3) is 2.26. The highest BCUT2D eigenvalue weighted by Gasteiger charge is 1.95. The van der Waals surface area contributed by atoms with E-state index in [0.717, 1.165) is 11.3 Å². The molecular weight excluding hydrogens is 209 g/mol. The van der Waals surface area contributed by atoms with Gasteiger partial charge in [-0.3, -0.25) is 4.98 Å². The SMILES string of the molecule is CNc1cc2ccncc2[nH]1.Cl.Cl. The molecule has 0 radical (unpaired) electrons. The first-order valence-corrected chi connectivity index (χ1v) is 3.50. The second kappa shape index (κ2) is 4.94. The molecule has 13 heavy (non-hydrogen) atoms. The maximum absolute atomic E-state index is 4.00. The Labute approximate surface area is 88.8 Å². The van der Waals surface area contributed by atoms with Gasteiger partial charge < -0.3 is 10.3 Å². The number of pyridine rings is 1. The van der Waals surface area contributed by atoms with E-state index in [9.17, 15) is 0 Å². The standard InChI is InChI=1S/C8H9N3.2ClH/c1-9-8-4-6-2-3-10-5-7(6)11-8;;/h2-5,9,11H,1H3;2*1H. The quantitative estimate of drug-likeness (QED) is 0.774. The lowest BCUT2D eigenvalue weighted by molar-refractivity contribution is 1.33. The predicted molar refractivity (Wildman–Crippen MR) is 60.1 cm³/mol. The van der Waals surface area contributed by atoms with Crippen LogP contribution in [-0.2, 0) is 0 Å². The molecule has 3 nitrogen and oxygen atoms in total. The lowest BCUT2D eigenvalue weighted by Crippen LogP contribution is -1.85. The zero-order valence-electron chi connectivity index (χ0n) is 7.07.